The van der Waals surface area contributed by atoms with Crippen LogP contribution in [0.25, 0.3) is 0 Å². The fraction of sp³-hybridized carbons (Fsp3) is 0.941. The fourth-order valence-electron chi connectivity index (χ4n) is 3.93. The van der Waals surface area contributed by atoms with Crippen LogP contribution in [0.15, 0.2) is 0 Å². The SMILES string of the molecule is CCCN(CC1CCNCC1)C(=O)C1C(C)(C)C1(C)C. The molecule has 1 heterocycles. The Morgan fingerprint density at radius 3 is 2.15 bits per heavy atom. The molecule has 3 heteroatoms. The van der Waals surface area contributed by atoms with E-state index in [1.54, 1.807) is 0 Å². The van der Waals surface area contributed by atoms with E-state index in [0.29, 0.717) is 11.8 Å². The summed E-state index contributed by atoms with van der Waals surface area (Å²) in [5, 5.41) is 3.41. The highest BCUT2D eigenvalue weighted by molar-refractivity contribution is 5.84. The summed E-state index contributed by atoms with van der Waals surface area (Å²) < 4.78 is 0. The van der Waals surface area contributed by atoms with Gasteiger partial charge in [0.05, 0.1) is 0 Å². The highest BCUT2D eigenvalue weighted by Crippen LogP contribution is 2.68. The van der Waals surface area contributed by atoms with Crippen LogP contribution in [0, 0.1) is 22.7 Å². The molecule has 20 heavy (non-hydrogen) atoms. The lowest BCUT2D eigenvalue weighted by Crippen LogP contribution is -2.41. The Balaban J connectivity index is 1.99. The third-order valence-corrected chi connectivity index (χ3v) is 6.01. The minimum atomic E-state index is 0.157. The molecular weight excluding hydrogens is 248 g/mol. The Bertz CT molecular complexity index is 342. The smallest absolute Gasteiger partial charge is 0.226 e. The van der Waals surface area contributed by atoms with Crippen LogP contribution < -0.4 is 5.32 Å². The number of nitrogens with one attached hydrogen (secondary N) is 1. The van der Waals surface area contributed by atoms with Crippen LogP contribution in [0.2, 0.25) is 0 Å². The molecule has 1 saturated heterocycles. The van der Waals surface area contributed by atoms with Crippen LogP contribution in [0.5, 0.6) is 0 Å². The first kappa shape index (κ1) is 15.8. The van der Waals surface area contributed by atoms with Crippen molar-refractivity contribution in [3.05, 3.63) is 0 Å². The molecule has 0 atom stereocenters. The Hall–Kier alpha value is -0.570. The average Bonchev–Trinajstić information content (AvgIpc) is 2.80. The Morgan fingerprint density at radius 1 is 1.15 bits per heavy atom. The normalized spacial score (nSPS) is 25.4. The zero-order valence-electron chi connectivity index (χ0n) is 14.0. The van der Waals surface area contributed by atoms with Gasteiger partial charge < -0.3 is 10.2 Å². The molecule has 2 fully saturated rings. The minimum Gasteiger partial charge on any atom is -0.342 e. The van der Waals surface area contributed by atoms with Crippen molar-refractivity contribution in [1.82, 2.24) is 10.2 Å². The van der Waals surface area contributed by atoms with Gasteiger partial charge in [0, 0.05) is 19.0 Å². The number of hydrogen-bond acceptors (Lipinski definition) is 2. The summed E-state index contributed by atoms with van der Waals surface area (Å²) in [6.45, 7) is 15.2. The largest absolute Gasteiger partial charge is 0.342 e. The average molecular weight is 280 g/mol. The number of piperidine rings is 1. The molecule has 1 amide bonds. The molecule has 1 aliphatic heterocycles. The summed E-state index contributed by atoms with van der Waals surface area (Å²) in [5.74, 6) is 1.31. The summed E-state index contributed by atoms with van der Waals surface area (Å²) in [7, 11) is 0. The summed E-state index contributed by atoms with van der Waals surface area (Å²) in [5.41, 5.74) is 0.314. The summed E-state index contributed by atoms with van der Waals surface area (Å²) in [6, 6.07) is 0. The molecule has 1 N–H and O–H groups in total. The van der Waals surface area contributed by atoms with E-state index >= 15 is 0 Å². The first-order chi connectivity index (χ1) is 9.32. The predicted molar refractivity (Wildman–Crippen MR) is 83.5 cm³/mol. The van der Waals surface area contributed by atoms with Crippen LogP contribution in [0.4, 0.5) is 0 Å². The lowest BCUT2D eigenvalue weighted by atomic mass is 9.97. The van der Waals surface area contributed by atoms with Crippen LogP contribution >= 0.6 is 0 Å². The van der Waals surface area contributed by atoms with Crippen molar-refractivity contribution in [3.63, 3.8) is 0 Å². The molecule has 3 nitrogen and oxygen atoms in total. The van der Waals surface area contributed by atoms with Gasteiger partial charge in [-0.05, 0) is 49.1 Å². The standard InChI is InChI=1S/C17H32N2O/c1-6-11-19(12-13-7-9-18-10-8-13)15(20)14-16(2,3)17(14,4)5/h13-14,18H,6-12H2,1-5H3. The molecule has 0 aromatic rings. The van der Waals surface area contributed by atoms with Crippen molar-refractivity contribution in [2.45, 2.75) is 53.9 Å². The number of carbonyl (C=O) groups excluding carboxylic acids is 1. The predicted octanol–water partition coefficient (Wildman–Crippen LogP) is 2.91. The van der Waals surface area contributed by atoms with Gasteiger partial charge in [-0.25, -0.2) is 0 Å². The summed E-state index contributed by atoms with van der Waals surface area (Å²) in [4.78, 5) is 15.1. The number of rotatable bonds is 5. The van der Waals surface area contributed by atoms with E-state index in [9.17, 15) is 4.79 Å². The molecule has 2 rings (SSSR count). The van der Waals surface area contributed by atoms with Crippen molar-refractivity contribution in [3.8, 4) is 0 Å². The molecule has 0 bridgehead atoms. The molecule has 1 saturated carbocycles. The molecule has 0 radical (unpaired) electrons. The van der Waals surface area contributed by atoms with Crippen LogP contribution in [0.1, 0.15) is 53.9 Å². The van der Waals surface area contributed by atoms with E-state index in [1.807, 2.05) is 0 Å². The highest BCUT2D eigenvalue weighted by atomic mass is 16.2. The molecule has 116 valence electrons. The van der Waals surface area contributed by atoms with Gasteiger partial charge >= 0.3 is 0 Å². The third kappa shape index (κ3) is 2.74. The molecule has 1 aliphatic carbocycles. The van der Waals surface area contributed by atoms with E-state index < -0.39 is 0 Å². The minimum absolute atomic E-state index is 0.157. The van der Waals surface area contributed by atoms with Gasteiger partial charge in [0.2, 0.25) is 5.91 Å². The zero-order valence-corrected chi connectivity index (χ0v) is 14.0. The number of hydrogen-bond donors (Lipinski definition) is 1. The third-order valence-electron chi connectivity index (χ3n) is 6.01. The second-order valence-electron chi connectivity index (χ2n) is 7.85. The lowest BCUT2D eigenvalue weighted by molar-refractivity contribution is -0.134. The molecule has 0 aromatic carbocycles. The second kappa shape index (κ2) is 5.67. The van der Waals surface area contributed by atoms with E-state index in [4.69, 9.17) is 0 Å². The first-order valence-electron chi connectivity index (χ1n) is 8.32. The quantitative estimate of drug-likeness (QED) is 0.840. The summed E-state index contributed by atoms with van der Waals surface area (Å²) in [6.07, 6.45) is 3.49. The Morgan fingerprint density at radius 2 is 1.70 bits per heavy atom. The summed E-state index contributed by atoms with van der Waals surface area (Å²) >= 11 is 0. The maximum atomic E-state index is 12.9. The van der Waals surface area contributed by atoms with E-state index in [2.05, 4.69) is 44.8 Å². The van der Waals surface area contributed by atoms with E-state index in [1.165, 1.54) is 12.8 Å². The Labute approximate surface area is 124 Å². The van der Waals surface area contributed by atoms with Crippen molar-refractivity contribution >= 4 is 5.91 Å². The Kier molecular flexibility index (Phi) is 4.48. The topological polar surface area (TPSA) is 32.3 Å². The first-order valence-corrected chi connectivity index (χ1v) is 8.32. The maximum Gasteiger partial charge on any atom is 0.226 e. The number of nitrogens with zero attached hydrogens (tertiary/aromatic N) is 1. The van der Waals surface area contributed by atoms with E-state index in [0.717, 1.165) is 32.6 Å². The van der Waals surface area contributed by atoms with Crippen LogP contribution in [-0.4, -0.2) is 37.0 Å². The van der Waals surface area contributed by atoms with Gasteiger partial charge in [-0.2, -0.15) is 0 Å². The molecule has 0 aromatic heterocycles. The van der Waals surface area contributed by atoms with Crippen LogP contribution in [0.3, 0.4) is 0 Å². The molecule has 0 unspecified atom stereocenters. The van der Waals surface area contributed by atoms with Gasteiger partial charge in [0.1, 0.15) is 0 Å². The monoisotopic (exact) mass is 280 g/mol. The maximum absolute atomic E-state index is 12.9. The van der Waals surface area contributed by atoms with Gasteiger partial charge in [0.15, 0.2) is 0 Å². The van der Waals surface area contributed by atoms with Crippen molar-refractivity contribution in [1.29, 1.82) is 0 Å². The zero-order chi connectivity index (χ0) is 15.0. The second-order valence-corrected chi connectivity index (χ2v) is 7.85. The molecule has 0 spiro atoms. The van der Waals surface area contributed by atoms with Gasteiger partial charge in [0.25, 0.3) is 0 Å². The van der Waals surface area contributed by atoms with E-state index in [-0.39, 0.29) is 16.7 Å². The molecule has 2 aliphatic rings. The van der Waals surface area contributed by atoms with Gasteiger partial charge in [-0.15, -0.1) is 0 Å². The molecular formula is C17H32N2O. The van der Waals surface area contributed by atoms with Crippen molar-refractivity contribution in [2.24, 2.45) is 22.7 Å². The van der Waals surface area contributed by atoms with Crippen LogP contribution in [-0.2, 0) is 4.79 Å². The fourth-order valence-corrected chi connectivity index (χ4v) is 3.93. The lowest BCUT2D eigenvalue weighted by Gasteiger charge is -2.30. The van der Waals surface area contributed by atoms with Crippen molar-refractivity contribution in [2.75, 3.05) is 26.2 Å². The van der Waals surface area contributed by atoms with Crippen molar-refractivity contribution < 1.29 is 4.79 Å². The van der Waals surface area contributed by atoms with Gasteiger partial charge in [-0.1, -0.05) is 34.6 Å². The highest BCUT2D eigenvalue weighted by Gasteiger charge is 2.68. The number of carbonyl (C=O) groups is 1. The number of amides is 1. The van der Waals surface area contributed by atoms with Gasteiger partial charge in [-0.3, -0.25) is 4.79 Å².